The van der Waals surface area contributed by atoms with Gasteiger partial charge in [0.1, 0.15) is 42.8 Å². The van der Waals surface area contributed by atoms with Crippen LogP contribution < -0.4 is 0 Å². The summed E-state index contributed by atoms with van der Waals surface area (Å²) in [5, 5.41) is 10.3. The molecule has 1 N–H and O–H groups in total. The zero-order valence-corrected chi connectivity index (χ0v) is 30.1. The Labute approximate surface area is 313 Å². The molecule has 13 nitrogen and oxygen atoms in total. The van der Waals surface area contributed by atoms with Gasteiger partial charge in [0.15, 0.2) is 24.3 Å². The molecule has 3 heterocycles. The average Bonchev–Trinajstić information content (AvgIpc) is 3.61. The number of carbonyl (C=O) groups excluding carboxylic acids is 3. The molecule has 0 aromatic heterocycles. The van der Waals surface area contributed by atoms with E-state index >= 15 is 0 Å². The lowest BCUT2D eigenvalue weighted by Gasteiger charge is -2.45. The molecular weight excluding hydrogens is 698 g/mol. The van der Waals surface area contributed by atoms with Crippen molar-refractivity contribution in [1.29, 1.82) is 0 Å². The number of allylic oxidation sites excluding steroid dienone is 1. The Morgan fingerprint density at radius 3 is 2.09 bits per heavy atom. The number of carbonyl (C=O) groups is 3. The number of benzene rings is 3. The van der Waals surface area contributed by atoms with Gasteiger partial charge in [-0.15, -0.1) is 0 Å². The number of methoxy groups -OCH3 is 2. The molecule has 0 radical (unpaired) electrons. The Hall–Kier alpha value is -4.73. The van der Waals surface area contributed by atoms with Crippen molar-refractivity contribution < 1.29 is 57.4 Å². The Kier molecular flexibility index (Phi) is 13.7. The number of ketones is 1. The van der Waals surface area contributed by atoms with Crippen molar-refractivity contribution in [3.8, 4) is 0 Å². The molecule has 3 aromatic carbocycles. The van der Waals surface area contributed by atoms with Crippen LogP contribution in [-0.4, -0.2) is 105 Å². The molecule has 8 atom stereocenters. The van der Waals surface area contributed by atoms with E-state index in [9.17, 15) is 19.5 Å². The van der Waals surface area contributed by atoms with Gasteiger partial charge >= 0.3 is 6.09 Å². The van der Waals surface area contributed by atoms with Crippen LogP contribution in [0.15, 0.2) is 115 Å². The summed E-state index contributed by atoms with van der Waals surface area (Å²) in [4.78, 5) is 40.4. The monoisotopic (exact) mass is 743 g/mol. The molecule has 2 amide bonds. The quantitative estimate of drug-likeness (QED) is 0.207. The van der Waals surface area contributed by atoms with Crippen LogP contribution in [0.3, 0.4) is 0 Å². The van der Waals surface area contributed by atoms with E-state index in [2.05, 4.69) is 0 Å². The maximum Gasteiger partial charge on any atom is 0.417 e. The molecule has 2 saturated heterocycles. The smallest absolute Gasteiger partial charge is 0.417 e. The Morgan fingerprint density at radius 1 is 0.852 bits per heavy atom. The molecule has 0 spiro atoms. The summed E-state index contributed by atoms with van der Waals surface area (Å²) in [6.07, 6.45) is -2.54. The van der Waals surface area contributed by atoms with Crippen LogP contribution in [0.1, 0.15) is 29.2 Å². The molecule has 2 fully saturated rings. The van der Waals surface area contributed by atoms with Gasteiger partial charge in [-0.05, 0) is 41.3 Å². The maximum atomic E-state index is 13.7. The summed E-state index contributed by atoms with van der Waals surface area (Å²) in [6.45, 7) is 0.309. The first kappa shape index (κ1) is 39.0. The Balaban J connectivity index is 1.13. The summed E-state index contributed by atoms with van der Waals surface area (Å²) in [5.41, 5.74) is 2.59. The summed E-state index contributed by atoms with van der Waals surface area (Å²) in [5.74, 6) is -0.931. The van der Waals surface area contributed by atoms with Gasteiger partial charge in [-0.25, -0.2) is 9.69 Å². The second-order valence-electron chi connectivity index (χ2n) is 12.9. The van der Waals surface area contributed by atoms with Crippen LogP contribution in [0, 0.1) is 0 Å². The number of aliphatic hydroxyl groups is 1. The molecule has 286 valence electrons. The molecule has 54 heavy (non-hydrogen) atoms. The lowest BCUT2D eigenvalue weighted by molar-refractivity contribution is -0.319. The zero-order valence-electron chi connectivity index (χ0n) is 30.1. The lowest BCUT2D eigenvalue weighted by atomic mass is 9.98. The van der Waals surface area contributed by atoms with Crippen LogP contribution in [-0.2, 0) is 60.7 Å². The number of cyclic esters (lactones) is 1. The van der Waals surface area contributed by atoms with Crippen LogP contribution >= 0.6 is 0 Å². The SMILES string of the molecule is CO[C@H]1O[C@H](CO)[C@@H](OCc2ccccc2)[C@H](OCc2ccccc2)[C@@H]1OCCC=C1C=CC(=O)[C@H]([C@H](OC)C(=O)N2C(=O)OC[C@@H]2c2ccccc2)O1. The number of aliphatic hydroxyl groups excluding tert-OH is 1. The van der Waals surface area contributed by atoms with Gasteiger partial charge in [-0.2, -0.15) is 0 Å². The summed E-state index contributed by atoms with van der Waals surface area (Å²) >= 11 is 0. The highest BCUT2D eigenvalue weighted by atomic mass is 16.7. The van der Waals surface area contributed by atoms with E-state index in [1.165, 1.54) is 26.4 Å². The van der Waals surface area contributed by atoms with Crippen LogP contribution in [0.25, 0.3) is 0 Å². The highest BCUT2D eigenvalue weighted by Crippen LogP contribution is 2.32. The molecule has 3 aliphatic heterocycles. The van der Waals surface area contributed by atoms with Crippen molar-refractivity contribution in [2.24, 2.45) is 0 Å². The second kappa shape index (κ2) is 19.0. The fourth-order valence-electron chi connectivity index (χ4n) is 6.63. The van der Waals surface area contributed by atoms with Crippen LogP contribution in [0.4, 0.5) is 4.79 Å². The second-order valence-corrected chi connectivity index (χ2v) is 12.9. The minimum absolute atomic E-state index is 0.0236. The van der Waals surface area contributed by atoms with Gasteiger partial charge in [0.05, 0.1) is 26.4 Å². The molecule has 3 aliphatic rings. The molecule has 0 unspecified atom stereocenters. The minimum Gasteiger partial charge on any atom is -0.479 e. The first-order valence-corrected chi connectivity index (χ1v) is 17.8. The predicted molar refractivity (Wildman–Crippen MR) is 192 cm³/mol. The van der Waals surface area contributed by atoms with Gasteiger partial charge in [0.2, 0.25) is 0 Å². The number of amides is 2. The third kappa shape index (κ3) is 9.31. The lowest BCUT2D eigenvalue weighted by Crippen LogP contribution is -2.61. The van der Waals surface area contributed by atoms with E-state index in [1.807, 2.05) is 66.7 Å². The van der Waals surface area contributed by atoms with E-state index < -0.39 is 66.7 Å². The van der Waals surface area contributed by atoms with E-state index in [-0.39, 0.29) is 33.0 Å². The van der Waals surface area contributed by atoms with Gasteiger partial charge in [-0.1, -0.05) is 91.0 Å². The summed E-state index contributed by atoms with van der Waals surface area (Å²) < 4.78 is 47.7. The molecule has 0 aliphatic carbocycles. The summed E-state index contributed by atoms with van der Waals surface area (Å²) in [7, 11) is 2.77. The zero-order chi connectivity index (χ0) is 37.9. The number of ether oxygens (including phenoxy) is 8. The molecular formula is C41H45NO12. The van der Waals surface area contributed by atoms with Crippen molar-refractivity contribution in [1.82, 2.24) is 4.90 Å². The van der Waals surface area contributed by atoms with Crippen molar-refractivity contribution in [2.45, 2.75) is 68.6 Å². The van der Waals surface area contributed by atoms with Crippen LogP contribution in [0.2, 0.25) is 0 Å². The third-order valence-electron chi connectivity index (χ3n) is 9.37. The number of imide groups is 1. The molecule has 13 heteroatoms. The third-order valence-corrected chi connectivity index (χ3v) is 9.37. The van der Waals surface area contributed by atoms with Gasteiger partial charge < -0.3 is 43.0 Å². The molecule has 3 aromatic rings. The average molecular weight is 744 g/mol. The molecule has 0 bridgehead atoms. The van der Waals surface area contributed by atoms with Gasteiger partial charge in [-0.3, -0.25) is 9.59 Å². The number of hydrogen-bond acceptors (Lipinski definition) is 12. The van der Waals surface area contributed by atoms with E-state index in [4.69, 9.17) is 37.9 Å². The summed E-state index contributed by atoms with van der Waals surface area (Å²) in [6, 6.07) is 27.7. The normalized spacial score (nSPS) is 26.8. The van der Waals surface area contributed by atoms with E-state index in [1.54, 1.807) is 30.3 Å². The van der Waals surface area contributed by atoms with Crippen molar-refractivity contribution in [2.75, 3.05) is 34.0 Å². The highest BCUT2D eigenvalue weighted by molar-refractivity contribution is 6.03. The standard InChI is InChI=1S/C41H45NO12/c1-47-37(39(45)42-31(26-52-41(42)46)29-17-10-5-11-18-29)34-32(44)21-20-30(53-34)19-12-22-49-38-36(51-25-28-15-8-4-9-16-28)35(33(23-43)54-40(38)48-2)50-24-27-13-6-3-7-14-27/h3-11,13-21,31,33-38,40,43H,12,22-26H2,1-2H3/t31-,33-,34-,35-,36+,37+,38+,40+/m1/s1. The largest absolute Gasteiger partial charge is 0.479 e. The highest BCUT2D eigenvalue weighted by Gasteiger charge is 2.49. The number of hydrogen-bond donors (Lipinski definition) is 1. The van der Waals surface area contributed by atoms with E-state index in [0.29, 0.717) is 17.7 Å². The van der Waals surface area contributed by atoms with Crippen molar-refractivity contribution in [3.63, 3.8) is 0 Å². The number of nitrogens with zero attached hydrogens (tertiary/aromatic N) is 1. The number of rotatable bonds is 16. The fourth-order valence-corrected chi connectivity index (χ4v) is 6.63. The maximum absolute atomic E-state index is 13.7. The van der Waals surface area contributed by atoms with Crippen LogP contribution in [0.5, 0.6) is 0 Å². The predicted octanol–water partition coefficient (Wildman–Crippen LogP) is 4.44. The fraction of sp³-hybridized carbons (Fsp3) is 0.390. The van der Waals surface area contributed by atoms with Gasteiger partial charge in [0.25, 0.3) is 5.91 Å². The van der Waals surface area contributed by atoms with Crippen molar-refractivity contribution >= 4 is 17.8 Å². The minimum atomic E-state index is -1.42. The van der Waals surface area contributed by atoms with E-state index in [0.717, 1.165) is 16.0 Å². The Bertz CT molecular complexity index is 1740. The first-order chi connectivity index (χ1) is 26.4. The van der Waals surface area contributed by atoms with Crippen molar-refractivity contribution in [3.05, 3.63) is 132 Å². The topological polar surface area (TPSA) is 149 Å². The van der Waals surface area contributed by atoms with Gasteiger partial charge in [0, 0.05) is 14.2 Å². The first-order valence-electron chi connectivity index (χ1n) is 17.8. The Morgan fingerprint density at radius 2 is 1.48 bits per heavy atom. The molecule has 0 saturated carbocycles. The molecule has 6 rings (SSSR count).